The van der Waals surface area contributed by atoms with E-state index in [9.17, 15) is 57.5 Å². The molecule has 109 heavy (non-hydrogen) atoms. The zero-order chi connectivity index (χ0) is 82.5. The quantitative estimate of drug-likeness (QED) is 0.0226. The molecule has 0 aliphatic heterocycles. The normalized spacial score (nSPS) is 10.3. The molecule has 0 heterocycles. The molecular weight excluding hydrogens is 1450 g/mol. The van der Waals surface area contributed by atoms with Gasteiger partial charge in [-0.25, -0.2) is 57.5 Å². The van der Waals surface area contributed by atoms with E-state index in [4.69, 9.17) is 61.6 Å². The standard InChI is InChI=1S/C18H18O6.C14H18O6.2C11H20O6.C10H18O6.C9H16O6/c1-3-21-17(19)23-15-11-7-5-9-13(15)14-10-6-8-12-16(14)24-18(20)22-4-2;1-3-17-13(15)19-10-9-11-7-5-6-8-12(11)20-14(16)18-4-2;1-5-14-9(12)16-7-11(3,4)8-17-10(13)15-6-2;1-5-14-10(12)16-8(3)7-9(4)17-11(13)15-6-2;1-3-13-9(11)15-7-5-6-8-16-10(12)14-4-2;1-3-12-8(10)14-6-5-7-15-9(11)13-4-2/h5-12H,3-4H2,1-2H3;5-8H,3-4,9-10H2,1-2H3;5-8H2,1-4H3;8-9H,5-7H2,1-4H3;3-8H2,1-2H3;3-7H2,1-2H3. The fourth-order valence-electron chi connectivity index (χ4n) is 7.07. The van der Waals surface area contributed by atoms with Crippen LogP contribution in [0.2, 0.25) is 0 Å². The van der Waals surface area contributed by atoms with Gasteiger partial charge in [-0.05, 0) is 134 Å². The molecule has 3 aromatic rings. The summed E-state index contributed by atoms with van der Waals surface area (Å²) < 4.78 is 114. The molecule has 3 aromatic carbocycles. The lowest BCUT2D eigenvalue weighted by molar-refractivity contribution is -0.00615. The van der Waals surface area contributed by atoms with Gasteiger partial charge in [-0.3, -0.25) is 0 Å². The van der Waals surface area contributed by atoms with Crippen LogP contribution in [-0.2, 0) is 106 Å². The van der Waals surface area contributed by atoms with Crippen molar-refractivity contribution in [3.63, 3.8) is 0 Å². The minimum absolute atomic E-state index is 0.102. The molecule has 0 fully saturated rings. The van der Waals surface area contributed by atoms with Crippen LogP contribution in [0.1, 0.15) is 142 Å². The van der Waals surface area contributed by atoms with E-state index in [-0.39, 0.29) is 112 Å². The van der Waals surface area contributed by atoms with Gasteiger partial charge in [-0.2, -0.15) is 0 Å². The molecule has 0 saturated heterocycles. The lowest BCUT2D eigenvalue weighted by Gasteiger charge is -2.22. The maximum atomic E-state index is 11.6. The number of unbranched alkanes of at least 4 members (excludes halogenated alkanes) is 1. The van der Waals surface area contributed by atoms with Gasteiger partial charge in [-0.15, -0.1) is 0 Å². The van der Waals surface area contributed by atoms with Crippen LogP contribution in [0.25, 0.3) is 11.1 Å². The van der Waals surface area contributed by atoms with Crippen molar-refractivity contribution in [1.29, 1.82) is 0 Å². The molecule has 0 aliphatic rings. The second-order valence-corrected chi connectivity index (χ2v) is 21.0. The molecule has 0 saturated carbocycles. The molecule has 36 heteroatoms. The average Bonchev–Trinajstić information content (AvgIpc) is 0.817. The molecule has 0 aliphatic carbocycles. The number of hydrogen-bond donors (Lipinski definition) is 0. The fraction of sp³-hybridized carbons (Fsp3) is 0.589. The SMILES string of the molecule is CCOC(=O)OC(C)CC(C)OC(=O)OCC.CCOC(=O)OCC(C)(C)COC(=O)OCC.CCOC(=O)OCCCCOC(=O)OCC.CCOC(=O)OCCCOC(=O)OCC.CCOC(=O)OCCc1ccccc1OC(=O)OCC.CCOC(=O)Oc1ccccc1-c1ccccc1OC(=O)OCC. The zero-order valence-electron chi connectivity index (χ0n) is 65.3. The monoisotopic (exact) mass is 1560 g/mol. The Kier molecular flexibility index (Phi) is 63.2. The van der Waals surface area contributed by atoms with Crippen molar-refractivity contribution in [2.45, 2.75) is 155 Å². The number of carbonyl (C=O) groups excluding carboxylic acids is 12. The Labute approximate surface area is 635 Å². The summed E-state index contributed by atoms with van der Waals surface area (Å²) >= 11 is 0. The first-order chi connectivity index (χ1) is 52.1. The Bertz CT molecular complexity index is 2860. The van der Waals surface area contributed by atoms with Crippen molar-refractivity contribution in [3.8, 4) is 28.4 Å². The predicted molar refractivity (Wildman–Crippen MR) is 383 cm³/mol. The molecule has 2 atom stereocenters. The highest BCUT2D eigenvalue weighted by Gasteiger charge is 2.24. The van der Waals surface area contributed by atoms with E-state index in [2.05, 4.69) is 52.1 Å². The van der Waals surface area contributed by atoms with E-state index in [0.717, 1.165) is 5.56 Å². The Morgan fingerprint density at radius 2 is 0.514 bits per heavy atom. The molecule has 36 nitrogen and oxygen atoms in total. The smallest absolute Gasteiger partial charge is 0.435 e. The number of carbonyl (C=O) groups is 12. The van der Waals surface area contributed by atoms with E-state index >= 15 is 0 Å². The maximum absolute atomic E-state index is 11.6. The van der Waals surface area contributed by atoms with Gasteiger partial charge in [0.25, 0.3) is 0 Å². The third-order valence-electron chi connectivity index (χ3n) is 11.5. The van der Waals surface area contributed by atoms with Gasteiger partial charge in [-0.1, -0.05) is 68.4 Å². The van der Waals surface area contributed by atoms with Gasteiger partial charge in [0, 0.05) is 35.8 Å². The second kappa shape index (κ2) is 67.5. The van der Waals surface area contributed by atoms with E-state index < -0.39 is 91.5 Å². The van der Waals surface area contributed by atoms with Gasteiger partial charge in [0.05, 0.1) is 112 Å². The predicted octanol–water partition coefficient (Wildman–Crippen LogP) is 16.1. The number of hydrogen-bond acceptors (Lipinski definition) is 36. The van der Waals surface area contributed by atoms with Crippen LogP contribution in [0.15, 0.2) is 72.8 Å². The number of para-hydroxylation sites is 3. The first-order valence-corrected chi connectivity index (χ1v) is 35.2. The largest absolute Gasteiger partial charge is 0.513 e. The maximum Gasteiger partial charge on any atom is 0.513 e. The van der Waals surface area contributed by atoms with E-state index in [0.29, 0.717) is 73.7 Å². The van der Waals surface area contributed by atoms with Gasteiger partial charge < -0.3 is 114 Å². The van der Waals surface area contributed by atoms with E-state index in [1.807, 2.05) is 0 Å². The number of benzene rings is 3. The van der Waals surface area contributed by atoms with Crippen LogP contribution in [0.5, 0.6) is 17.2 Å². The summed E-state index contributed by atoms with van der Waals surface area (Å²) in [6, 6.07) is 20.8. The zero-order valence-corrected chi connectivity index (χ0v) is 65.3. The van der Waals surface area contributed by atoms with Gasteiger partial charge in [0.15, 0.2) is 0 Å². The van der Waals surface area contributed by atoms with Crippen LogP contribution in [0.4, 0.5) is 57.5 Å². The molecule has 0 radical (unpaired) electrons. The summed E-state index contributed by atoms with van der Waals surface area (Å²) in [5.41, 5.74) is 1.43. The summed E-state index contributed by atoms with van der Waals surface area (Å²) in [5, 5.41) is 0. The van der Waals surface area contributed by atoms with Crippen molar-refractivity contribution in [1.82, 2.24) is 0 Å². The molecule has 0 aromatic heterocycles. The number of rotatable bonds is 36. The summed E-state index contributed by atoms with van der Waals surface area (Å²) in [7, 11) is 0. The Morgan fingerprint density at radius 1 is 0.275 bits per heavy atom. The molecule has 0 amide bonds. The summed E-state index contributed by atoms with van der Waals surface area (Å²) in [6.45, 7) is 31.6. The van der Waals surface area contributed by atoms with Crippen LogP contribution < -0.4 is 14.2 Å². The van der Waals surface area contributed by atoms with Crippen LogP contribution >= 0.6 is 0 Å². The van der Waals surface area contributed by atoms with Gasteiger partial charge >= 0.3 is 73.9 Å². The minimum Gasteiger partial charge on any atom is -0.435 e. The van der Waals surface area contributed by atoms with Crippen molar-refractivity contribution in [2.24, 2.45) is 5.41 Å². The van der Waals surface area contributed by atoms with Crippen molar-refractivity contribution >= 4 is 73.9 Å². The Morgan fingerprint density at radius 3 is 0.826 bits per heavy atom. The molecule has 2 unspecified atom stereocenters. The van der Waals surface area contributed by atoms with Crippen LogP contribution in [0, 0.1) is 5.41 Å². The Hall–Kier alpha value is -11.1. The first-order valence-electron chi connectivity index (χ1n) is 35.2. The highest BCUT2D eigenvalue weighted by atomic mass is 16.8. The number of ether oxygens (including phenoxy) is 24. The van der Waals surface area contributed by atoms with Crippen molar-refractivity contribution < 1.29 is 171 Å². The molecule has 0 bridgehead atoms. The molecule has 0 N–H and O–H groups in total. The lowest BCUT2D eigenvalue weighted by atomic mass is 9.96. The summed E-state index contributed by atoms with van der Waals surface area (Å²) in [5.74, 6) is 0.991. The Balaban J connectivity index is -0.00000125. The molecule has 3 rings (SSSR count). The summed E-state index contributed by atoms with van der Waals surface area (Å²) in [6.07, 6.45) is -7.08. The highest BCUT2D eigenvalue weighted by molar-refractivity contribution is 5.80. The van der Waals surface area contributed by atoms with Crippen LogP contribution in [0.3, 0.4) is 0 Å². The second-order valence-electron chi connectivity index (χ2n) is 21.0. The summed E-state index contributed by atoms with van der Waals surface area (Å²) in [4.78, 5) is 132. The minimum atomic E-state index is -0.797. The molecule has 0 spiro atoms. The highest BCUT2D eigenvalue weighted by Crippen LogP contribution is 2.37. The topological polar surface area (TPSA) is 426 Å². The van der Waals surface area contributed by atoms with Gasteiger partial charge in [0.1, 0.15) is 42.7 Å². The third kappa shape index (κ3) is 59.7. The first kappa shape index (κ1) is 102. The van der Waals surface area contributed by atoms with Crippen LogP contribution in [-0.4, -0.2) is 212 Å². The lowest BCUT2D eigenvalue weighted by Crippen LogP contribution is -2.29. The average molecular weight is 1560 g/mol. The van der Waals surface area contributed by atoms with Crippen molar-refractivity contribution in [3.05, 3.63) is 78.4 Å². The third-order valence-corrected chi connectivity index (χ3v) is 11.5. The fourth-order valence-corrected chi connectivity index (χ4v) is 7.07. The van der Waals surface area contributed by atoms with Crippen molar-refractivity contribution in [2.75, 3.05) is 126 Å². The molecule has 618 valence electrons. The van der Waals surface area contributed by atoms with E-state index in [1.165, 1.54) is 0 Å². The van der Waals surface area contributed by atoms with Gasteiger partial charge in [0.2, 0.25) is 0 Å². The van der Waals surface area contributed by atoms with E-state index in [1.54, 1.807) is 184 Å². The molecular formula is C73H110O36.